The van der Waals surface area contributed by atoms with Gasteiger partial charge in [0.2, 0.25) is 11.1 Å². The van der Waals surface area contributed by atoms with Crippen molar-refractivity contribution < 1.29 is 9.53 Å². The van der Waals surface area contributed by atoms with Crippen LogP contribution in [0.1, 0.15) is 33.6 Å². The van der Waals surface area contributed by atoms with Crippen molar-refractivity contribution in [2.75, 3.05) is 29.1 Å². The monoisotopic (exact) mass is 404 g/mol. The molecule has 2 heterocycles. The maximum atomic E-state index is 12.3. The summed E-state index contributed by atoms with van der Waals surface area (Å²) in [6.45, 7) is 8.84. The molecule has 1 N–H and O–H groups in total. The van der Waals surface area contributed by atoms with Crippen molar-refractivity contribution >= 4 is 29.0 Å². The van der Waals surface area contributed by atoms with Crippen LogP contribution in [-0.4, -0.2) is 57.2 Å². The van der Waals surface area contributed by atoms with Crippen molar-refractivity contribution in [1.29, 1.82) is 0 Å². The minimum atomic E-state index is -0.0828. The topological polar surface area (TPSA) is 85.2 Å². The Hall–Kier alpha value is -2.13. The van der Waals surface area contributed by atoms with Gasteiger partial charge in [0.05, 0.1) is 18.4 Å². The minimum absolute atomic E-state index is 0.0828. The first-order chi connectivity index (χ1) is 13.6. The summed E-state index contributed by atoms with van der Waals surface area (Å²) in [6.07, 6.45) is 2.25. The number of carbonyl (C=O) groups is 1. The largest absolute Gasteiger partial charge is 0.376 e. The first kappa shape index (κ1) is 20.6. The third-order valence-electron chi connectivity index (χ3n) is 4.68. The van der Waals surface area contributed by atoms with E-state index in [0.29, 0.717) is 17.7 Å². The molecule has 1 saturated heterocycles. The predicted molar refractivity (Wildman–Crippen MR) is 111 cm³/mol. The average molecular weight is 405 g/mol. The smallest absolute Gasteiger partial charge is 0.234 e. The van der Waals surface area contributed by atoms with Crippen LogP contribution in [-0.2, 0) is 16.1 Å². The second-order valence-corrected chi connectivity index (χ2v) is 7.98. The van der Waals surface area contributed by atoms with Crippen molar-refractivity contribution in [3.8, 4) is 0 Å². The van der Waals surface area contributed by atoms with Crippen molar-refractivity contribution in [2.45, 2.75) is 57.5 Å². The van der Waals surface area contributed by atoms with Gasteiger partial charge < -0.3 is 15.0 Å². The second kappa shape index (κ2) is 9.88. The molecule has 1 atom stereocenters. The van der Waals surface area contributed by atoms with Gasteiger partial charge in [-0.25, -0.2) is 4.68 Å². The molecule has 0 bridgehead atoms. The molecule has 152 valence electrons. The van der Waals surface area contributed by atoms with E-state index in [1.807, 2.05) is 24.3 Å². The molecule has 1 aliphatic heterocycles. The number of tetrazole rings is 1. The maximum absolute atomic E-state index is 12.3. The molecular formula is C19H28N6O2S. The number of hydrogen-bond donors (Lipinski definition) is 1. The van der Waals surface area contributed by atoms with E-state index in [1.165, 1.54) is 11.8 Å². The fourth-order valence-corrected chi connectivity index (χ4v) is 3.99. The molecule has 0 spiro atoms. The molecule has 0 unspecified atom stereocenters. The van der Waals surface area contributed by atoms with Gasteiger partial charge in [-0.15, -0.1) is 5.10 Å². The third kappa shape index (κ3) is 5.45. The van der Waals surface area contributed by atoms with E-state index in [2.05, 4.69) is 46.5 Å². The van der Waals surface area contributed by atoms with Crippen LogP contribution in [0.15, 0.2) is 29.4 Å². The number of rotatable bonds is 9. The maximum Gasteiger partial charge on any atom is 0.234 e. The fourth-order valence-electron chi connectivity index (χ4n) is 3.30. The Morgan fingerprint density at radius 3 is 2.82 bits per heavy atom. The lowest BCUT2D eigenvalue weighted by molar-refractivity contribution is -0.113. The van der Waals surface area contributed by atoms with Crippen LogP contribution in [0.25, 0.3) is 0 Å². The van der Waals surface area contributed by atoms with Crippen LogP contribution in [0.4, 0.5) is 11.4 Å². The molecule has 28 heavy (non-hydrogen) atoms. The first-order valence-electron chi connectivity index (χ1n) is 9.74. The van der Waals surface area contributed by atoms with E-state index in [1.54, 1.807) is 4.68 Å². The molecule has 0 saturated carbocycles. The number of anilines is 2. The van der Waals surface area contributed by atoms with Crippen molar-refractivity contribution in [3.05, 3.63) is 24.3 Å². The normalized spacial score (nSPS) is 16.5. The summed E-state index contributed by atoms with van der Waals surface area (Å²) in [5, 5.41) is 15.3. The Balaban J connectivity index is 1.50. The zero-order valence-electron chi connectivity index (χ0n) is 16.7. The van der Waals surface area contributed by atoms with Gasteiger partial charge in [0.25, 0.3) is 0 Å². The third-order valence-corrected chi connectivity index (χ3v) is 5.64. The lowest BCUT2D eigenvalue weighted by atomic mass is 10.2. The zero-order chi connectivity index (χ0) is 19.9. The molecule has 3 rings (SSSR count). The number of thioether (sulfide) groups is 1. The summed E-state index contributed by atoms with van der Waals surface area (Å²) in [5.74, 6) is 0.168. The SMILES string of the molecule is CCN(c1ccc(NC(=O)CSc2nnnn2C[C@@H]2CCCO2)cc1)C(C)C. The molecule has 1 fully saturated rings. The van der Waals surface area contributed by atoms with Crippen LogP contribution in [0.3, 0.4) is 0 Å². The molecule has 0 radical (unpaired) electrons. The van der Waals surface area contributed by atoms with Crippen LogP contribution >= 0.6 is 11.8 Å². The number of aromatic nitrogens is 4. The molecular weight excluding hydrogens is 376 g/mol. The highest BCUT2D eigenvalue weighted by molar-refractivity contribution is 7.99. The summed E-state index contributed by atoms with van der Waals surface area (Å²) >= 11 is 1.33. The molecule has 8 nitrogen and oxygen atoms in total. The minimum Gasteiger partial charge on any atom is -0.376 e. The lowest BCUT2D eigenvalue weighted by Gasteiger charge is -2.27. The molecule has 9 heteroatoms. The number of ether oxygens (including phenoxy) is 1. The van der Waals surface area contributed by atoms with Gasteiger partial charge in [0.1, 0.15) is 0 Å². The lowest BCUT2D eigenvalue weighted by Crippen LogP contribution is -2.30. The number of amides is 1. The van der Waals surface area contributed by atoms with Crippen molar-refractivity contribution in [2.24, 2.45) is 0 Å². The summed E-state index contributed by atoms with van der Waals surface area (Å²) < 4.78 is 7.34. The molecule has 1 amide bonds. The van der Waals surface area contributed by atoms with Gasteiger partial charge in [-0.1, -0.05) is 11.8 Å². The molecule has 0 aliphatic carbocycles. The Morgan fingerprint density at radius 1 is 1.39 bits per heavy atom. The zero-order valence-corrected chi connectivity index (χ0v) is 17.5. The van der Waals surface area contributed by atoms with Crippen LogP contribution in [0.2, 0.25) is 0 Å². The van der Waals surface area contributed by atoms with Gasteiger partial charge in [0, 0.05) is 30.6 Å². The number of nitrogens with zero attached hydrogens (tertiary/aromatic N) is 5. The predicted octanol–water partition coefficient (Wildman–Crippen LogP) is 2.82. The van der Waals surface area contributed by atoms with E-state index in [-0.39, 0.29) is 17.8 Å². The highest BCUT2D eigenvalue weighted by Gasteiger charge is 2.19. The summed E-state index contributed by atoms with van der Waals surface area (Å²) in [7, 11) is 0. The average Bonchev–Trinajstić information content (AvgIpc) is 3.34. The van der Waals surface area contributed by atoms with E-state index < -0.39 is 0 Å². The summed E-state index contributed by atoms with van der Waals surface area (Å²) in [5.41, 5.74) is 1.94. The van der Waals surface area contributed by atoms with E-state index >= 15 is 0 Å². The Bertz CT molecular complexity index is 758. The van der Waals surface area contributed by atoms with E-state index in [9.17, 15) is 4.79 Å². The second-order valence-electron chi connectivity index (χ2n) is 7.04. The molecule has 2 aromatic rings. The number of benzene rings is 1. The van der Waals surface area contributed by atoms with Crippen molar-refractivity contribution in [1.82, 2.24) is 20.2 Å². The quantitative estimate of drug-likeness (QED) is 0.643. The van der Waals surface area contributed by atoms with Gasteiger partial charge in [0.15, 0.2) is 0 Å². The van der Waals surface area contributed by atoms with E-state index in [4.69, 9.17) is 4.74 Å². The van der Waals surface area contributed by atoms with E-state index in [0.717, 1.165) is 37.4 Å². The van der Waals surface area contributed by atoms with Gasteiger partial charge in [-0.05, 0) is 68.3 Å². The van der Waals surface area contributed by atoms with Crippen LogP contribution in [0.5, 0.6) is 0 Å². The summed E-state index contributed by atoms with van der Waals surface area (Å²) in [4.78, 5) is 14.6. The van der Waals surface area contributed by atoms with Gasteiger partial charge in [-0.3, -0.25) is 4.79 Å². The standard InChI is InChI=1S/C19H28N6O2S/c1-4-24(14(2)3)16-9-7-15(8-10-16)20-18(26)13-28-19-21-22-23-25(19)12-17-6-5-11-27-17/h7-10,14,17H,4-6,11-13H2,1-3H3,(H,20,26)/t17-/m0/s1. The van der Waals surface area contributed by atoms with Crippen LogP contribution < -0.4 is 10.2 Å². The first-order valence-corrected chi connectivity index (χ1v) is 10.7. The highest BCUT2D eigenvalue weighted by Crippen LogP contribution is 2.21. The number of carbonyl (C=O) groups excluding carboxylic acids is 1. The van der Waals surface area contributed by atoms with Gasteiger partial charge >= 0.3 is 0 Å². The van der Waals surface area contributed by atoms with Crippen LogP contribution in [0, 0.1) is 0 Å². The highest BCUT2D eigenvalue weighted by atomic mass is 32.2. The molecule has 1 aromatic heterocycles. The summed E-state index contributed by atoms with van der Waals surface area (Å²) in [6, 6.07) is 8.37. The Morgan fingerprint density at radius 2 is 2.18 bits per heavy atom. The fraction of sp³-hybridized carbons (Fsp3) is 0.579. The number of hydrogen-bond acceptors (Lipinski definition) is 7. The Labute approximate surface area is 170 Å². The Kier molecular flexibility index (Phi) is 7.27. The molecule has 1 aliphatic rings. The number of nitrogens with one attached hydrogen (secondary N) is 1. The molecule has 1 aromatic carbocycles. The van der Waals surface area contributed by atoms with Gasteiger partial charge in [-0.2, -0.15) is 0 Å². The van der Waals surface area contributed by atoms with Crippen molar-refractivity contribution in [3.63, 3.8) is 0 Å².